The van der Waals surface area contributed by atoms with Crippen molar-refractivity contribution in [1.82, 2.24) is 20.1 Å². The zero-order valence-electron chi connectivity index (χ0n) is 17.4. The van der Waals surface area contributed by atoms with Gasteiger partial charge in [-0.2, -0.15) is 0 Å². The molecule has 0 radical (unpaired) electrons. The standard InChI is InChI=1S/C22H25N5O2S/c1-13(2)17-7-5-6-8-18(17)27-19(16-11-9-14(3)10-12-16)25-26-22(27)30-15(4)20(28)24-21(23)29/h5-13,15H,1-4H3,(H3,23,24,28,29). The number of carbonyl (C=O) groups excluding carboxylic acids is 2. The first-order valence-electron chi connectivity index (χ1n) is 9.66. The van der Waals surface area contributed by atoms with Gasteiger partial charge in [0.05, 0.1) is 10.9 Å². The quantitative estimate of drug-likeness (QED) is 0.583. The van der Waals surface area contributed by atoms with Gasteiger partial charge in [0.25, 0.3) is 0 Å². The lowest BCUT2D eigenvalue weighted by atomic mass is 10.0. The minimum Gasteiger partial charge on any atom is -0.351 e. The highest BCUT2D eigenvalue weighted by Crippen LogP contribution is 2.33. The summed E-state index contributed by atoms with van der Waals surface area (Å²) in [6.45, 7) is 7.99. The molecule has 3 rings (SSSR count). The van der Waals surface area contributed by atoms with Gasteiger partial charge in [0.2, 0.25) is 5.91 Å². The molecule has 0 aliphatic carbocycles. The van der Waals surface area contributed by atoms with Gasteiger partial charge < -0.3 is 5.73 Å². The van der Waals surface area contributed by atoms with Gasteiger partial charge in [-0.3, -0.25) is 14.7 Å². The molecule has 3 aromatic rings. The smallest absolute Gasteiger partial charge is 0.318 e. The third kappa shape index (κ3) is 4.71. The lowest BCUT2D eigenvalue weighted by Gasteiger charge is -2.18. The minimum atomic E-state index is -0.876. The van der Waals surface area contributed by atoms with Gasteiger partial charge in [-0.25, -0.2) is 4.79 Å². The van der Waals surface area contributed by atoms with E-state index < -0.39 is 17.2 Å². The summed E-state index contributed by atoms with van der Waals surface area (Å²) in [5.41, 5.74) is 9.25. The second-order valence-electron chi connectivity index (χ2n) is 7.33. The number of aryl methyl sites for hydroxylation is 1. The van der Waals surface area contributed by atoms with Gasteiger partial charge in [0.1, 0.15) is 0 Å². The van der Waals surface area contributed by atoms with Crippen LogP contribution in [-0.4, -0.2) is 32.0 Å². The summed E-state index contributed by atoms with van der Waals surface area (Å²) in [7, 11) is 0. The predicted molar refractivity (Wildman–Crippen MR) is 119 cm³/mol. The number of nitrogens with zero attached hydrogens (tertiary/aromatic N) is 3. The van der Waals surface area contributed by atoms with E-state index in [2.05, 4.69) is 35.4 Å². The van der Waals surface area contributed by atoms with Crippen LogP contribution in [0.5, 0.6) is 0 Å². The number of thioether (sulfide) groups is 1. The summed E-state index contributed by atoms with van der Waals surface area (Å²) in [4.78, 5) is 23.2. The van der Waals surface area contributed by atoms with Gasteiger partial charge in [-0.05, 0) is 31.4 Å². The van der Waals surface area contributed by atoms with Crippen LogP contribution in [0.2, 0.25) is 0 Å². The Balaban J connectivity index is 2.11. The molecule has 0 saturated carbocycles. The van der Waals surface area contributed by atoms with Gasteiger partial charge in [0.15, 0.2) is 11.0 Å². The SMILES string of the molecule is Cc1ccc(-c2nnc(SC(C)C(=O)NC(N)=O)n2-c2ccccc2C(C)C)cc1. The fourth-order valence-electron chi connectivity index (χ4n) is 3.07. The summed E-state index contributed by atoms with van der Waals surface area (Å²) >= 11 is 1.22. The molecule has 1 heterocycles. The fraction of sp³-hybridized carbons (Fsp3) is 0.273. The summed E-state index contributed by atoms with van der Waals surface area (Å²) < 4.78 is 1.97. The van der Waals surface area contributed by atoms with E-state index in [1.165, 1.54) is 11.8 Å². The molecule has 7 nitrogen and oxygen atoms in total. The van der Waals surface area contributed by atoms with Gasteiger partial charge in [-0.1, -0.05) is 73.6 Å². The number of primary amides is 1. The molecule has 0 spiro atoms. The monoisotopic (exact) mass is 423 g/mol. The molecule has 0 aliphatic heterocycles. The zero-order valence-corrected chi connectivity index (χ0v) is 18.2. The molecule has 3 N–H and O–H groups in total. The number of benzene rings is 2. The first-order valence-corrected chi connectivity index (χ1v) is 10.5. The third-order valence-corrected chi connectivity index (χ3v) is 5.68. The van der Waals surface area contributed by atoms with E-state index in [1.54, 1.807) is 6.92 Å². The number of hydrogen-bond donors (Lipinski definition) is 2. The number of imide groups is 1. The number of para-hydroxylation sites is 1. The molecule has 3 amide bonds. The van der Waals surface area contributed by atoms with E-state index in [1.807, 2.05) is 54.0 Å². The highest BCUT2D eigenvalue weighted by molar-refractivity contribution is 8.00. The highest BCUT2D eigenvalue weighted by Gasteiger charge is 2.24. The molecule has 0 bridgehead atoms. The Labute approximate surface area is 180 Å². The van der Waals surface area contributed by atoms with Crippen molar-refractivity contribution in [3.05, 3.63) is 59.7 Å². The van der Waals surface area contributed by atoms with Crippen molar-refractivity contribution >= 4 is 23.7 Å². The average Bonchev–Trinajstić information content (AvgIpc) is 3.11. The number of amides is 3. The molecular weight excluding hydrogens is 398 g/mol. The van der Waals surface area contributed by atoms with Crippen LogP contribution in [-0.2, 0) is 4.79 Å². The van der Waals surface area contributed by atoms with E-state index in [0.717, 1.165) is 22.4 Å². The predicted octanol–water partition coefficient (Wildman–Crippen LogP) is 4.04. The summed E-state index contributed by atoms with van der Waals surface area (Å²) in [6.07, 6.45) is 0. The number of urea groups is 1. The number of nitrogens with two attached hydrogens (primary N) is 1. The molecule has 1 unspecified atom stereocenters. The van der Waals surface area contributed by atoms with Crippen LogP contribution in [0.4, 0.5) is 4.79 Å². The normalized spacial score (nSPS) is 12.0. The van der Waals surface area contributed by atoms with E-state index in [9.17, 15) is 9.59 Å². The van der Waals surface area contributed by atoms with E-state index in [0.29, 0.717) is 11.0 Å². The lowest BCUT2D eigenvalue weighted by Crippen LogP contribution is -2.39. The maximum atomic E-state index is 12.2. The Morgan fingerprint density at radius 2 is 1.70 bits per heavy atom. The maximum Gasteiger partial charge on any atom is 0.318 e. The van der Waals surface area contributed by atoms with E-state index >= 15 is 0 Å². The second kappa shape index (κ2) is 9.13. The number of rotatable bonds is 6. The van der Waals surface area contributed by atoms with Crippen LogP contribution in [0, 0.1) is 6.92 Å². The Hall–Kier alpha value is -3.13. The van der Waals surface area contributed by atoms with Crippen LogP contribution in [0.1, 0.15) is 37.8 Å². The molecule has 30 heavy (non-hydrogen) atoms. The van der Waals surface area contributed by atoms with Crippen LogP contribution in [0.3, 0.4) is 0 Å². The molecule has 0 aliphatic rings. The Morgan fingerprint density at radius 1 is 1.03 bits per heavy atom. The fourth-order valence-corrected chi connectivity index (χ4v) is 3.93. The molecule has 0 saturated heterocycles. The van der Waals surface area contributed by atoms with E-state index in [-0.39, 0.29) is 5.92 Å². The largest absolute Gasteiger partial charge is 0.351 e. The second-order valence-corrected chi connectivity index (χ2v) is 8.64. The van der Waals surface area contributed by atoms with E-state index in [4.69, 9.17) is 5.73 Å². The number of nitrogens with one attached hydrogen (secondary N) is 1. The van der Waals surface area contributed by atoms with Crippen LogP contribution >= 0.6 is 11.8 Å². The van der Waals surface area contributed by atoms with Crippen molar-refractivity contribution in [3.8, 4) is 17.1 Å². The molecule has 1 atom stereocenters. The lowest BCUT2D eigenvalue weighted by molar-refractivity contribution is -0.119. The van der Waals surface area contributed by atoms with Crippen molar-refractivity contribution in [2.24, 2.45) is 5.73 Å². The number of carbonyl (C=O) groups is 2. The zero-order chi connectivity index (χ0) is 21.8. The van der Waals surface area contributed by atoms with Crippen LogP contribution in [0.25, 0.3) is 17.1 Å². The van der Waals surface area contributed by atoms with Crippen LogP contribution in [0.15, 0.2) is 53.7 Å². The highest BCUT2D eigenvalue weighted by atomic mass is 32.2. The number of aromatic nitrogens is 3. The average molecular weight is 424 g/mol. The van der Waals surface area contributed by atoms with Crippen molar-refractivity contribution in [2.75, 3.05) is 0 Å². The van der Waals surface area contributed by atoms with Crippen molar-refractivity contribution in [3.63, 3.8) is 0 Å². The van der Waals surface area contributed by atoms with Gasteiger partial charge in [0, 0.05) is 5.56 Å². The Kier molecular flexibility index (Phi) is 6.56. The molecule has 2 aromatic carbocycles. The molecule has 0 fully saturated rings. The topological polar surface area (TPSA) is 103 Å². The van der Waals surface area contributed by atoms with Crippen molar-refractivity contribution in [2.45, 2.75) is 44.0 Å². The van der Waals surface area contributed by atoms with Gasteiger partial charge in [-0.15, -0.1) is 10.2 Å². The minimum absolute atomic E-state index is 0.280. The third-order valence-electron chi connectivity index (χ3n) is 4.64. The Bertz CT molecular complexity index is 1060. The van der Waals surface area contributed by atoms with Crippen molar-refractivity contribution < 1.29 is 9.59 Å². The van der Waals surface area contributed by atoms with Crippen molar-refractivity contribution in [1.29, 1.82) is 0 Å². The maximum absolute atomic E-state index is 12.2. The molecule has 156 valence electrons. The molecular formula is C22H25N5O2S. The van der Waals surface area contributed by atoms with Crippen LogP contribution < -0.4 is 11.1 Å². The first kappa shape index (κ1) is 21.6. The molecule has 1 aromatic heterocycles. The summed E-state index contributed by atoms with van der Waals surface area (Å²) in [5, 5.41) is 10.9. The van der Waals surface area contributed by atoms with Gasteiger partial charge >= 0.3 is 6.03 Å². The molecule has 8 heteroatoms. The first-order chi connectivity index (χ1) is 14.3. The Morgan fingerprint density at radius 3 is 2.33 bits per heavy atom. The summed E-state index contributed by atoms with van der Waals surface area (Å²) in [5.74, 6) is 0.493. The number of hydrogen-bond acceptors (Lipinski definition) is 5. The summed E-state index contributed by atoms with van der Waals surface area (Å²) in [6, 6.07) is 15.3.